The van der Waals surface area contributed by atoms with Crippen molar-refractivity contribution >= 4 is 0 Å². The number of nitrogens with zero attached hydrogens (tertiary/aromatic N) is 1. The number of H-pyrrole nitrogens is 1. The Balaban J connectivity index is 2.19. The van der Waals surface area contributed by atoms with Crippen LogP contribution in [-0.4, -0.2) is 16.6 Å². The standard InChI is InChI=1S/C9H12N2O2/c12-9-5-7(10-6-11-9)8-3-1-2-4-13-8/h5-6,8H,1-4H2,(H,10,11,12). The highest BCUT2D eigenvalue weighted by Gasteiger charge is 2.17. The Hall–Kier alpha value is -1.16. The third-order valence-electron chi connectivity index (χ3n) is 2.21. The molecule has 0 aromatic carbocycles. The maximum absolute atomic E-state index is 11.0. The molecule has 2 heterocycles. The summed E-state index contributed by atoms with van der Waals surface area (Å²) < 4.78 is 5.50. The summed E-state index contributed by atoms with van der Waals surface area (Å²) in [6.07, 6.45) is 4.68. The van der Waals surface area contributed by atoms with Crippen LogP contribution in [0.1, 0.15) is 31.1 Å². The lowest BCUT2D eigenvalue weighted by Crippen LogP contribution is -2.16. The summed E-state index contributed by atoms with van der Waals surface area (Å²) in [7, 11) is 0. The van der Waals surface area contributed by atoms with E-state index in [1.807, 2.05) is 0 Å². The van der Waals surface area contributed by atoms with E-state index < -0.39 is 0 Å². The Labute approximate surface area is 76.0 Å². The first-order chi connectivity index (χ1) is 6.36. The number of rotatable bonds is 1. The van der Waals surface area contributed by atoms with Gasteiger partial charge in [-0.25, -0.2) is 4.98 Å². The van der Waals surface area contributed by atoms with Crippen molar-refractivity contribution in [2.45, 2.75) is 25.4 Å². The number of hydrogen-bond acceptors (Lipinski definition) is 3. The summed E-state index contributed by atoms with van der Waals surface area (Å²) >= 11 is 0. The van der Waals surface area contributed by atoms with E-state index >= 15 is 0 Å². The Morgan fingerprint density at radius 2 is 2.46 bits per heavy atom. The minimum Gasteiger partial charge on any atom is -0.372 e. The molecule has 1 aromatic heterocycles. The van der Waals surface area contributed by atoms with Crippen molar-refractivity contribution in [3.63, 3.8) is 0 Å². The molecule has 0 spiro atoms. The van der Waals surface area contributed by atoms with Crippen molar-refractivity contribution in [2.24, 2.45) is 0 Å². The highest BCUT2D eigenvalue weighted by molar-refractivity contribution is 5.03. The summed E-state index contributed by atoms with van der Waals surface area (Å²) in [4.78, 5) is 17.6. The van der Waals surface area contributed by atoms with Gasteiger partial charge in [0.25, 0.3) is 5.56 Å². The van der Waals surface area contributed by atoms with Crippen molar-refractivity contribution < 1.29 is 4.74 Å². The first-order valence-electron chi connectivity index (χ1n) is 4.52. The third kappa shape index (κ3) is 1.95. The van der Waals surface area contributed by atoms with E-state index in [2.05, 4.69) is 9.97 Å². The van der Waals surface area contributed by atoms with Crippen molar-refractivity contribution in [2.75, 3.05) is 6.61 Å². The fourth-order valence-corrected chi connectivity index (χ4v) is 1.53. The zero-order valence-electron chi connectivity index (χ0n) is 7.32. The fraction of sp³-hybridized carbons (Fsp3) is 0.556. The zero-order chi connectivity index (χ0) is 9.10. The predicted octanol–water partition coefficient (Wildman–Crippen LogP) is 1.01. The second-order valence-corrected chi connectivity index (χ2v) is 3.19. The van der Waals surface area contributed by atoms with Gasteiger partial charge in [0.2, 0.25) is 0 Å². The van der Waals surface area contributed by atoms with Crippen LogP contribution in [0.5, 0.6) is 0 Å². The molecule has 0 bridgehead atoms. The molecule has 2 rings (SSSR count). The number of nitrogens with one attached hydrogen (secondary N) is 1. The van der Waals surface area contributed by atoms with Crippen LogP contribution in [0.2, 0.25) is 0 Å². The van der Waals surface area contributed by atoms with Gasteiger partial charge in [-0.1, -0.05) is 0 Å². The van der Waals surface area contributed by atoms with Gasteiger partial charge >= 0.3 is 0 Å². The molecule has 1 atom stereocenters. The van der Waals surface area contributed by atoms with Crippen molar-refractivity contribution in [1.29, 1.82) is 0 Å². The molecule has 13 heavy (non-hydrogen) atoms. The highest BCUT2D eigenvalue weighted by Crippen LogP contribution is 2.24. The van der Waals surface area contributed by atoms with Crippen molar-refractivity contribution in [1.82, 2.24) is 9.97 Å². The van der Waals surface area contributed by atoms with Crippen LogP contribution in [0.3, 0.4) is 0 Å². The van der Waals surface area contributed by atoms with Gasteiger partial charge in [-0.05, 0) is 19.3 Å². The Morgan fingerprint density at radius 3 is 3.15 bits per heavy atom. The minimum absolute atomic E-state index is 0.0241. The second kappa shape index (κ2) is 3.70. The molecule has 0 aliphatic carbocycles. The average Bonchev–Trinajstić information content (AvgIpc) is 2.19. The van der Waals surface area contributed by atoms with Crippen LogP contribution < -0.4 is 5.56 Å². The second-order valence-electron chi connectivity index (χ2n) is 3.19. The maximum Gasteiger partial charge on any atom is 0.250 e. The topological polar surface area (TPSA) is 55.0 Å². The first kappa shape index (κ1) is 8.44. The van der Waals surface area contributed by atoms with E-state index in [1.165, 1.54) is 12.4 Å². The minimum atomic E-state index is -0.112. The normalized spacial score (nSPS) is 22.9. The summed E-state index contributed by atoms with van der Waals surface area (Å²) in [5, 5.41) is 0. The lowest BCUT2D eigenvalue weighted by Gasteiger charge is -2.21. The van der Waals surface area contributed by atoms with Gasteiger partial charge in [-0.15, -0.1) is 0 Å². The molecular formula is C9H12N2O2. The summed E-state index contributed by atoms with van der Waals surface area (Å²) in [5.74, 6) is 0. The van der Waals surface area contributed by atoms with E-state index in [-0.39, 0.29) is 11.7 Å². The molecule has 4 heteroatoms. The van der Waals surface area contributed by atoms with E-state index in [9.17, 15) is 4.79 Å². The Morgan fingerprint density at radius 1 is 1.54 bits per heavy atom. The SMILES string of the molecule is O=c1cc(C2CCCCO2)nc[nH]1. The number of aromatic nitrogens is 2. The monoisotopic (exact) mass is 180 g/mol. The summed E-state index contributed by atoms with van der Waals surface area (Å²) in [6.45, 7) is 0.777. The molecule has 1 N–H and O–H groups in total. The number of ether oxygens (including phenoxy) is 1. The molecule has 1 aliphatic heterocycles. The van der Waals surface area contributed by atoms with Gasteiger partial charge in [-0.3, -0.25) is 4.79 Å². The van der Waals surface area contributed by atoms with Gasteiger partial charge < -0.3 is 9.72 Å². The summed E-state index contributed by atoms with van der Waals surface area (Å²) in [5.41, 5.74) is 0.641. The van der Waals surface area contributed by atoms with E-state index in [0.717, 1.165) is 31.6 Å². The number of aromatic amines is 1. The largest absolute Gasteiger partial charge is 0.372 e. The molecule has 1 saturated heterocycles. The number of hydrogen-bond donors (Lipinski definition) is 1. The van der Waals surface area contributed by atoms with Crippen LogP contribution in [0.15, 0.2) is 17.2 Å². The predicted molar refractivity (Wildman–Crippen MR) is 47.4 cm³/mol. The third-order valence-corrected chi connectivity index (χ3v) is 2.21. The van der Waals surface area contributed by atoms with Crippen LogP contribution >= 0.6 is 0 Å². The molecular weight excluding hydrogens is 168 g/mol. The maximum atomic E-state index is 11.0. The molecule has 0 amide bonds. The van der Waals surface area contributed by atoms with Crippen LogP contribution in [-0.2, 0) is 4.74 Å². The van der Waals surface area contributed by atoms with Crippen LogP contribution in [0, 0.1) is 0 Å². The molecule has 70 valence electrons. The molecule has 4 nitrogen and oxygen atoms in total. The van der Waals surface area contributed by atoms with Crippen molar-refractivity contribution in [3.05, 3.63) is 28.4 Å². The lowest BCUT2D eigenvalue weighted by atomic mass is 10.1. The van der Waals surface area contributed by atoms with E-state index in [0.29, 0.717) is 0 Å². The highest BCUT2D eigenvalue weighted by atomic mass is 16.5. The fourth-order valence-electron chi connectivity index (χ4n) is 1.53. The summed E-state index contributed by atoms with van der Waals surface area (Å²) in [6, 6.07) is 1.51. The molecule has 1 unspecified atom stereocenters. The Kier molecular flexibility index (Phi) is 2.40. The quantitative estimate of drug-likeness (QED) is 0.701. The van der Waals surface area contributed by atoms with Gasteiger partial charge in [0, 0.05) is 12.7 Å². The first-order valence-corrected chi connectivity index (χ1v) is 4.52. The van der Waals surface area contributed by atoms with Crippen molar-refractivity contribution in [3.8, 4) is 0 Å². The van der Waals surface area contributed by atoms with Crippen LogP contribution in [0.25, 0.3) is 0 Å². The molecule has 1 aromatic rings. The van der Waals surface area contributed by atoms with Gasteiger partial charge in [0.1, 0.15) is 0 Å². The van der Waals surface area contributed by atoms with E-state index in [4.69, 9.17) is 4.74 Å². The molecule has 0 saturated carbocycles. The van der Waals surface area contributed by atoms with Gasteiger partial charge in [0.15, 0.2) is 0 Å². The lowest BCUT2D eigenvalue weighted by molar-refractivity contribution is 0.0122. The van der Waals surface area contributed by atoms with Gasteiger partial charge in [-0.2, -0.15) is 0 Å². The Bertz CT molecular complexity index is 328. The average molecular weight is 180 g/mol. The smallest absolute Gasteiger partial charge is 0.250 e. The van der Waals surface area contributed by atoms with Crippen LogP contribution in [0.4, 0.5) is 0 Å². The van der Waals surface area contributed by atoms with E-state index in [1.54, 1.807) is 0 Å². The molecule has 1 aliphatic rings. The molecule has 1 fully saturated rings. The zero-order valence-corrected chi connectivity index (χ0v) is 7.32. The molecule has 0 radical (unpaired) electrons. The van der Waals surface area contributed by atoms with Gasteiger partial charge in [0.05, 0.1) is 18.1 Å².